The molecule has 6 nitrogen and oxygen atoms in total. The lowest BCUT2D eigenvalue weighted by molar-refractivity contribution is 0.404. The number of hydrogen-bond donors (Lipinski definition) is 3. The molecule has 0 saturated carbocycles. The van der Waals surface area contributed by atoms with Gasteiger partial charge < -0.3 is 14.8 Å². The van der Waals surface area contributed by atoms with Gasteiger partial charge in [0.15, 0.2) is 5.82 Å². The summed E-state index contributed by atoms with van der Waals surface area (Å²) in [5, 5.41) is 28.5. The number of nitrogens with one attached hydrogen (secondary N) is 1. The van der Waals surface area contributed by atoms with Gasteiger partial charge in [-0.3, -0.25) is 5.10 Å². The Bertz CT molecular complexity index is 1300. The molecule has 30 heavy (non-hydrogen) atoms. The zero-order valence-electron chi connectivity index (χ0n) is 16.8. The summed E-state index contributed by atoms with van der Waals surface area (Å²) < 4.78 is 20.7. The molecule has 0 unspecified atom stereocenters. The molecule has 152 valence electrons. The second kappa shape index (κ2) is 7.07. The number of aromatic nitrogens is 3. The van der Waals surface area contributed by atoms with Crippen LogP contribution < -0.4 is 10.2 Å². The van der Waals surface area contributed by atoms with Crippen molar-refractivity contribution in [2.45, 2.75) is 32.6 Å². The summed E-state index contributed by atoms with van der Waals surface area (Å²) in [7, 11) is -0.196. The molecule has 8 heteroatoms. The Kier molecular flexibility index (Phi) is 4.48. The number of H-pyrrole nitrogens is 1. The maximum absolute atomic E-state index is 15.2. The van der Waals surface area contributed by atoms with Crippen molar-refractivity contribution in [1.29, 1.82) is 0 Å². The third kappa shape index (κ3) is 2.71. The van der Waals surface area contributed by atoms with Gasteiger partial charge in [0.1, 0.15) is 11.3 Å². The number of aromatic amines is 1. The van der Waals surface area contributed by atoms with E-state index < -0.39 is 12.9 Å². The summed E-state index contributed by atoms with van der Waals surface area (Å²) in [5.41, 5.74) is 5.46. The van der Waals surface area contributed by atoms with Gasteiger partial charge in [-0.15, -0.1) is 0 Å². The first-order valence-corrected chi connectivity index (χ1v) is 10.0. The number of para-hydroxylation sites is 1. The summed E-state index contributed by atoms with van der Waals surface area (Å²) in [6.07, 6.45) is 3.68. The Labute approximate surface area is 172 Å². The van der Waals surface area contributed by atoms with Crippen LogP contribution in [0, 0.1) is 12.7 Å². The van der Waals surface area contributed by atoms with Crippen molar-refractivity contribution in [2.75, 3.05) is 7.11 Å². The zero-order valence-corrected chi connectivity index (χ0v) is 16.8. The summed E-state index contributed by atoms with van der Waals surface area (Å²) >= 11 is 0. The van der Waals surface area contributed by atoms with E-state index in [1.807, 2.05) is 13.0 Å². The molecule has 1 aliphatic carbocycles. The van der Waals surface area contributed by atoms with Crippen LogP contribution in [-0.4, -0.2) is 39.5 Å². The highest BCUT2D eigenvalue weighted by atomic mass is 19.1. The first-order chi connectivity index (χ1) is 14.5. The monoisotopic (exact) mass is 405 g/mol. The van der Waals surface area contributed by atoms with Crippen molar-refractivity contribution in [3.05, 3.63) is 46.9 Å². The summed E-state index contributed by atoms with van der Waals surface area (Å²) in [5.74, 6) is -0.0796. The molecular weight excluding hydrogens is 384 g/mol. The van der Waals surface area contributed by atoms with E-state index in [9.17, 15) is 10.0 Å². The van der Waals surface area contributed by atoms with Crippen molar-refractivity contribution in [3.8, 4) is 17.0 Å². The fraction of sp³-hybridized carbons (Fsp3) is 0.273. The third-order valence-electron chi connectivity index (χ3n) is 6.01. The molecule has 5 rings (SSSR count). The topological polar surface area (TPSA) is 91.3 Å². The second-order valence-electron chi connectivity index (χ2n) is 7.75. The largest absolute Gasteiger partial charge is 0.496 e. The fourth-order valence-corrected chi connectivity index (χ4v) is 4.71. The molecule has 2 aromatic heterocycles. The molecule has 0 spiro atoms. The van der Waals surface area contributed by atoms with Crippen LogP contribution in [0.15, 0.2) is 24.3 Å². The van der Waals surface area contributed by atoms with E-state index in [1.165, 1.54) is 13.2 Å². The van der Waals surface area contributed by atoms with Crippen LogP contribution in [0.25, 0.3) is 33.1 Å². The highest BCUT2D eigenvalue weighted by Gasteiger charge is 2.27. The number of ether oxygens (including phenoxy) is 1. The van der Waals surface area contributed by atoms with Gasteiger partial charge in [0, 0.05) is 33.6 Å². The first kappa shape index (κ1) is 19.0. The minimum absolute atomic E-state index is 0.253. The van der Waals surface area contributed by atoms with E-state index >= 15 is 4.39 Å². The van der Waals surface area contributed by atoms with E-state index in [0.29, 0.717) is 28.0 Å². The Morgan fingerprint density at radius 1 is 1.13 bits per heavy atom. The first-order valence-electron chi connectivity index (χ1n) is 10.0. The summed E-state index contributed by atoms with van der Waals surface area (Å²) in [4.78, 5) is 4.78. The lowest BCUT2D eigenvalue weighted by Crippen LogP contribution is -2.31. The maximum Gasteiger partial charge on any atom is 0.492 e. The Hall–Kier alpha value is -2.97. The third-order valence-corrected chi connectivity index (χ3v) is 6.01. The van der Waals surface area contributed by atoms with Gasteiger partial charge in [-0.1, -0.05) is 12.1 Å². The number of hydrogen-bond acceptors (Lipinski definition) is 5. The molecule has 0 amide bonds. The van der Waals surface area contributed by atoms with E-state index in [2.05, 4.69) is 10.2 Å². The minimum Gasteiger partial charge on any atom is -0.496 e. The highest BCUT2D eigenvalue weighted by molar-refractivity contribution is 6.60. The second-order valence-corrected chi connectivity index (χ2v) is 7.75. The normalized spacial score (nSPS) is 13.6. The smallest absolute Gasteiger partial charge is 0.492 e. The minimum atomic E-state index is -1.68. The van der Waals surface area contributed by atoms with Crippen LogP contribution in [0.2, 0.25) is 0 Å². The number of pyridine rings is 1. The van der Waals surface area contributed by atoms with Crippen LogP contribution in [0.1, 0.15) is 29.7 Å². The molecule has 2 aromatic carbocycles. The van der Waals surface area contributed by atoms with Crippen molar-refractivity contribution >= 4 is 34.4 Å². The van der Waals surface area contributed by atoms with Crippen LogP contribution in [0.4, 0.5) is 4.39 Å². The Morgan fingerprint density at radius 3 is 2.63 bits per heavy atom. The molecule has 1 aliphatic rings. The lowest BCUT2D eigenvalue weighted by Gasteiger charge is -2.23. The number of rotatable bonds is 3. The van der Waals surface area contributed by atoms with Gasteiger partial charge in [-0.05, 0) is 49.8 Å². The van der Waals surface area contributed by atoms with Crippen molar-refractivity contribution in [3.63, 3.8) is 0 Å². The van der Waals surface area contributed by atoms with Crippen LogP contribution >= 0.6 is 0 Å². The van der Waals surface area contributed by atoms with Crippen molar-refractivity contribution in [2.24, 2.45) is 0 Å². The van der Waals surface area contributed by atoms with Gasteiger partial charge in [0.2, 0.25) is 0 Å². The van der Waals surface area contributed by atoms with E-state index in [4.69, 9.17) is 9.72 Å². The average molecular weight is 405 g/mol. The maximum atomic E-state index is 15.2. The van der Waals surface area contributed by atoms with Gasteiger partial charge in [0.05, 0.1) is 18.3 Å². The molecule has 3 N–H and O–H groups in total. The zero-order chi connectivity index (χ0) is 21.0. The average Bonchev–Trinajstić information content (AvgIpc) is 3.12. The number of aryl methyl sites for hydroxylation is 2. The van der Waals surface area contributed by atoms with Crippen LogP contribution in [0.3, 0.4) is 0 Å². The van der Waals surface area contributed by atoms with Crippen molar-refractivity contribution in [1.82, 2.24) is 15.2 Å². The quantitative estimate of drug-likeness (QED) is 0.456. The molecule has 0 atom stereocenters. The predicted molar refractivity (Wildman–Crippen MR) is 115 cm³/mol. The highest BCUT2D eigenvalue weighted by Crippen LogP contribution is 2.41. The molecular formula is C22H21BFN3O3. The number of halogens is 1. The molecule has 0 saturated heterocycles. The van der Waals surface area contributed by atoms with Crippen LogP contribution in [-0.2, 0) is 12.8 Å². The van der Waals surface area contributed by atoms with E-state index in [1.54, 1.807) is 12.1 Å². The van der Waals surface area contributed by atoms with Gasteiger partial charge >= 0.3 is 7.12 Å². The fourth-order valence-electron chi connectivity index (χ4n) is 4.71. The molecule has 0 radical (unpaired) electrons. The number of benzene rings is 2. The molecule has 2 heterocycles. The SMILES string of the molecule is COc1c(B(O)O)cccc1-c1nc2c(F)cc3n[nH]c(C)c3c2c2c1CCCC2. The summed E-state index contributed by atoms with van der Waals surface area (Å²) in [6, 6.07) is 6.57. The molecule has 0 aliphatic heterocycles. The van der Waals surface area contributed by atoms with Crippen molar-refractivity contribution < 1.29 is 19.2 Å². The van der Waals surface area contributed by atoms with Crippen LogP contribution in [0.5, 0.6) is 5.75 Å². The van der Waals surface area contributed by atoms with E-state index in [0.717, 1.165) is 53.3 Å². The Balaban J connectivity index is 1.92. The summed E-state index contributed by atoms with van der Waals surface area (Å²) in [6.45, 7) is 1.94. The van der Waals surface area contributed by atoms with Gasteiger partial charge in [-0.25, -0.2) is 9.37 Å². The predicted octanol–water partition coefficient (Wildman–Crippen LogP) is 2.79. The standard InChI is InChI=1S/C22H21BFN3O3/c1-11-18-17(27-26-11)10-16(24)21-19(18)12-6-3-4-7-13(12)20(25-21)14-8-5-9-15(23(28)29)22(14)30-2/h5,8-10,28-29H,3-4,6-7H2,1-2H3,(H,26,27). The molecule has 4 aromatic rings. The Morgan fingerprint density at radius 2 is 1.90 bits per heavy atom. The van der Waals surface area contributed by atoms with Gasteiger partial charge in [-0.2, -0.15) is 5.10 Å². The number of nitrogens with zero attached hydrogens (tertiary/aromatic N) is 2. The number of methoxy groups -OCH3 is 1. The number of fused-ring (bicyclic) bond motifs is 5. The molecule has 0 bridgehead atoms. The van der Waals surface area contributed by atoms with Gasteiger partial charge in [0.25, 0.3) is 0 Å². The molecule has 0 fully saturated rings. The lowest BCUT2D eigenvalue weighted by atomic mass is 9.77. The van der Waals surface area contributed by atoms with E-state index in [-0.39, 0.29) is 5.46 Å².